The Hall–Kier alpha value is -1.32. The first-order valence-corrected chi connectivity index (χ1v) is 9.65. The van der Waals surface area contributed by atoms with E-state index in [0.717, 1.165) is 17.8 Å². The highest BCUT2D eigenvalue weighted by Crippen LogP contribution is 2.24. The molecule has 128 valence electrons. The molecule has 2 N–H and O–H groups in total. The van der Waals surface area contributed by atoms with Crippen LogP contribution < -0.4 is 10.3 Å². The van der Waals surface area contributed by atoms with Gasteiger partial charge in [-0.3, -0.25) is 10.2 Å². The van der Waals surface area contributed by atoms with Gasteiger partial charge < -0.3 is 0 Å². The zero-order chi connectivity index (χ0) is 17.7. The number of thioether (sulfide) groups is 1. The molecule has 0 aromatic heterocycles. The first kappa shape index (κ1) is 19.0. The van der Waals surface area contributed by atoms with Gasteiger partial charge in [0.05, 0.1) is 10.8 Å². The minimum absolute atomic E-state index is 0.0399. The van der Waals surface area contributed by atoms with E-state index in [1.165, 1.54) is 30.3 Å². The van der Waals surface area contributed by atoms with Crippen LogP contribution >= 0.6 is 35.0 Å². The largest absolute Gasteiger partial charge is 0.277 e. The van der Waals surface area contributed by atoms with Crippen LogP contribution in [0.25, 0.3) is 0 Å². The predicted molar refractivity (Wildman–Crippen MR) is 92.1 cm³/mol. The fraction of sp³-hybridized carbons (Fsp3) is 0.0714. The maximum Gasteiger partial charge on any atom is 0.258 e. The minimum atomic E-state index is -4.08. The zero-order valence-corrected chi connectivity index (χ0v) is 15.1. The van der Waals surface area contributed by atoms with Crippen molar-refractivity contribution in [1.29, 1.82) is 0 Å². The molecule has 0 aliphatic rings. The quantitative estimate of drug-likeness (QED) is 0.568. The summed E-state index contributed by atoms with van der Waals surface area (Å²) in [7, 11) is -4.08. The maximum absolute atomic E-state index is 13.4. The number of nitrogens with one attached hydrogen (secondary N) is 2. The summed E-state index contributed by atoms with van der Waals surface area (Å²) in [4.78, 5) is 13.7. The first-order chi connectivity index (χ1) is 11.3. The van der Waals surface area contributed by atoms with E-state index in [2.05, 4.69) is 0 Å². The molecule has 1 amide bonds. The lowest BCUT2D eigenvalue weighted by molar-refractivity contribution is -0.119. The Morgan fingerprint density at radius 2 is 1.88 bits per heavy atom. The molecule has 2 aromatic carbocycles. The second kappa shape index (κ2) is 8.17. The number of hydrogen-bond acceptors (Lipinski definition) is 4. The summed E-state index contributed by atoms with van der Waals surface area (Å²) in [5.41, 5.74) is 2.04. The number of hydrazine groups is 1. The lowest BCUT2D eigenvalue weighted by atomic mass is 10.3. The first-order valence-electron chi connectivity index (χ1n) is 6.42. The van der Waals surface area contributed by atoms with E-state index in [1.807, 2.05) is 10.3 Å². The smallest absolute Gasteiger partial charge is 0.258 e. The highest BCUT2D eigenvalue weighted by molar-refractivity contribution is 8.00. The van der Waals surface area contributed by atoms with Crippen molar-refractivity contribution in [3.8, 4) is 0 Å². The summed E-state index contributed by atoms with van der Waals surface area (Å²) in [5, 5.41) is 0.142. The fourth-order valence-electron chi connectivity index (χ4n) is 1.60. The van der Waals surface area contributed by atoms with Gasteiger partial charge >= 0.3 is 0 Å². The number of hydrogen-bond donors (Lipinski definition) is 2. The Balaban J connectivity index is 1.95. The molecule has 0 saturated carbocycles. The van der Waals surface area contributed by atoms with E-state index in [-0.39, 0.29) is 25.6 Å². The molecule has 0 atom stereocenters. The highest BCUT2D eigenvalue weighted by atomic mass is 35.5. The van der Waals surface area contributed by atoms with E-state index >= 15 is 0 Å². The molecule has 0 unspecified atom stereocenters. The van der Waals surface area contributed by atoms with Crippen LogP contribution in [0.4, 0.5) is 4.39 Å². The van der Waals surface area contributed by atoms with E-state index in [4.69, 9.17) is 23.2 Å². The average molecular weight is 409 g/mol. The normalized spacial score (nSPS) is 11.3. The van der Waals surface area contributed by atoms with E-state index in [1.54, 1.807) is 6.07 Å². The SMILES string of the molecule is O=C(CSc1ccccc1F)NNS(=O)(=O)c1cc(Cl)ccc1Cl. The Labute approximate surface area is 152 Å². The topological polar surface area (TPSA) is 75.3 Å². The summed E-state index contributed by atoms with van der Waals surface area (Å²) >= 11 is 12.5. The van der Waals surface area contributed by atoms with Gasteiger partial charge in [0.25, 0.3) is 10.0 Å². The summed E-state index contributed by atoms with van der Waals surface area (Å²) in [6.45, 7) is 0. The molecule has 24 heavy (non-hydrogen) atoms. The van der Waals surface area contributed by atoms with Crippen LogP contribution in [0.5, 0.6) is 0 Å². The predicted octanol–water partition coefficient (Wildman–Crippen LogP) is 3.23. The number of rotatable bonds is 6. The molecule has 0 aliphatic carbocycles. The van der Waals surface area contributed by atoms with E-state index in [0.29, 0.717) is 0 Å². The molecule has 2 aromatic rings. The third kappa shape index (κ3) is 5.09. The second-order valence-electron chi connectivity index (χ2n) is 4.45. The molecular weight excluding hydrogens is 398 g/mol. The Bertz CT molecular complexity index is 863. The Morgan fingerprint density at radius 1 is 1.17 bits per heavy atom. The Kier molecular flexibility index (Phi) is 6.47. The lowest BCUT2D eigenvalue weighted by Crippen LogP contribution is -2.42. The summed E-state index contributed by atoms with van der Waals surface area (Å²) in [6.07, 6.45) is 0. The average Bonchev–Trinajstić information content (AvgIpc) is 2.54. The van der Waals surface area contributed by atoms with Gasteiger partial charge in [-0.05, 0) is 30.3 Å². The summed E-state index contributed by atoms with van der Waals surface area (Å²) < 4.78 is 37.6. The van der Waals surface area contributed by atoms with E-state index in [9.17, 15) is 17.6 Å². The fourth-order valence-corrected chi connectivity index (χ4v) is 3.97. The standard InChI is InChI=1S/C14H11Cl2FN2O3S2/c15-9-5-6-10(16)13(7-9)24(21,22)19-18-14(20)8-23-12-4-2-1-3-11(12)17/h1-7,19H,8H2,(H,18,20). The number of carbonyl (C=O) groups is 1. The minimum Gasteiger partial charge on any atom is -0.277 e. The second-order valence-corrected chi connectivity index (χ2v) is 7.96. The third-order valence-corrected chi connectivity index (χ3v) is 5.72. The van der Waals surface area contributed by atoms with Gasteiger partial charge in [0.2, 0.25) is 5.91 Å². The van der Waals surface area contributed by atoms with Gasteiger partial charge in [-0.2, -0.15) is 0 Å². The van der Waals surface area contributed by atoms with Crippen molar-refractivity contribution in [3.63, 3.8) is 0 Å². The molecule has 2 rings (SSSR count). The molecule has 0 bridgehead atoms. The molecule has 0 saturated heterocycles. The highest BCUT2D eigenvalue weighted by Gasteiger charge is 2.19. The van der Waals surface area contributed by atoms with Crippen molar-refractivity contribution in [3.05, 3.63) is 58.3 Å². The van der Waals surface area contributed by atoms with Crippen LogP contribution in [0.15, 0.2) is 52.3 Å². The number of carbonyl (C=O) groups excluding carboxylic acids is 1. The number of amides is 1. The molecule has 0 heterocycles. The number of benzene rings is 2. The van der Waals surface area contributed by atoms with Gasteiger partial charge in [0, 0.05) is 9.92 Å². The van der Waals surface area contributed by atoms with Crippen molar-refractivity contribution in [2.24, 2.45) is 0 Å². The lowest BCUT2D eigenvalue weighted by Gasteiger charge is -2.10. The molecule has 5 nitrogen and oxygen atoms in total. The van der Waals surface area contributed by atoms with Gasteiger partial charge in [-0.1, -0.05) is 35.3 Å². The van der Waals surface area contributed by atoms with Crippen molar-refractivity contribution < 1.29 is 17.6 Å². The number of sulfonamides is 1. The molecule has 0 spiro atoms. The summed E-state index contributed by atoms with van der Waals surface area (Å²) in [5.74, 6) is -1.28. The zero-order valence-electron chi connectivity index (χ0n) is 11.9. The van der Waals surface area contributed by atoms with Crippen LogP contribution in [-0.2, 0) is 14.8 Å². The van der Waals surface area contributed by atoms with Gasteiger partial charge in [-0.25, -0.2) is 12.8 Å². The monoisotopic (exact) mass is 408 g/mol. The van der Waals surface area contributed by atoms with Crippen LogP contribution in [0.1, 0.15) is 0 Å². The molecular formula is C14H11Cl2FN2O3S2. The van der Waals surface area contributed by atoms with Crippen molar-refractivity contribution in [2.75, 3.05) is 5.75 Å². The van der Waals surface area contributed by atoms with E-state index < -0.39 is 21.7 Å². The van der Waals surface area contributed by atoms with Crippen LogP contribution in [0.2, 0.25) is 10.0 Å². The van der Waals surface area contributed by atoms with Crippen LogP contribution in [0.3, 0.4) is 0 Å². The molecule has 0 aliphatic heterocycles. The molecule has 0 radical (unpaired) electrons. The Morgan fingerprint density at radius 3 is 2.58 bits per heavy atom. The van der Waals surface area contributed by atoms with Crippen molar-refractivity contribution in [2.45, 2.75) is 9.79 Å². The van der Waals surface area contributed by atoms with Crippen LogP contribution in [-0.4, -0.2) is 20.1 Å². The maximum atomic E-state index is 13.4. The summed E-state index contributed by atoms with van der Waals surface area (Å²) in [6, 6.07) is 9.87. The molecule has 10 heteroatoms. The van der Waals surface area contributed by atoms with Crippen LogP contribution in [0, 0.1) is 5.82 Å². The molecule has 0 fully saturated rings. The number of halogens is 3. The van der Waals surface area contributed by atoms with Gasteiger partial charge in [-0.15, -0.1) is 16.6 Å². The van der Waals surface area contributed by atoms with Crippen molar-refractivity contribution >= 4 is 50.9 Å². The third-order valence-electron chi connectivity index (χ3n) is 2.70. The van der Waals surface area contributed by atoms with Gasteiger partial charge in [0.15, 0.2) is 0 Å². The van der Waals surface area contributed by atoms with Crippen molar-refractivity contribution in [1.82, 2.24) is 10.3 Å². The van der Waals surface area contributed by atoms with Gasteiger partial charge in [0.1, 0.15) is 10.7 Å².